The van der Waals surface area contributed by atoms with E-state index in [0.29, 0.717) is 5.92 Å². The number of hydrogen-bond acceptors (Lipinski definition) is 3. The SMILES string of the molecule is Cc1cnc2nc(CCC(C)CCN)[nH]c2c1. The molecule has 3 N–H and O–H groups in total. The molecule has 2 rings (SSSR count). The molecule has 0 saturated carbocycles. The number of fused-ring (bicyclic) bond motifs is 1. The number of aromatic amines is 1. The third kappa shape index (κ3) is 3.03. The topological polar surface area (TPSA) is 67.6 Å². The van der Waals surface area contributed by atoms with Gasteiger partial charge in [-0.3, -0.25) is 0 Å². The molecule has 0 aliphatic rings. The molecule has 2 heterocycles. The standard InChI is InChI=1S/C13H20N4/c1-9(5-6-14)3-4-12-16-11-7-10(2)8-15-13(11)17-12/h7-9H,3-6,14H2,1-2H3,(H,15,16,17). The van der Waals surface area contributed by atoms with Crippen LogP contribution in [0.25, 0.3) is 11.2 Å². The zero-order valence-electron chi connectivity index (χ0n) is 10.5. The van der Waals surface area contributed by atoms with Crippen molar-refractivity contribution in [2.75, 3.05) is 6.54 Å². The fourth-order valence-corrected chi connectivity index (χ4v) is 1.98. The lowest BCUT2D eigenvalue weighted by atomic mass is 10.0. The molecule has 17 heavy (non-hydrogen) atoms. The maximum atomic E-state index is 5.54. The van der Waals surface area contributed by atoms with Gasteiger partial charge in [-0.05, 0) is 43.9 Å². The predicted octanol–water partition coefficient (Wildman–Crippen LogP) is 2.18. The third-order valence-corrected chi connectivity index (χ3v) is 3.06. The van der Waals surface area contributed by atoms with Crippen molar-refractivity contribution in [2.45, 2.75) is 33.1 Å². The van der Waals surface area contributed by atoms with Crippen molar-refractivity contribution in [1.82, 2.24) is 15.0 Å². The first-order chi connectivity index (χ1) is 8.19. The first-order valence-corrected chi connectivity index (χ1v) is 6.20. The first kappa shape index (κ1) is 12.0. The predicted molar refractivity (Wildman–Crippen MR) is 69.8 cm³/mol. The molecule has 0 fully saturated rings. The number of aryl methyl sites for hydroxylation is 2. The second-order valence-corrected chi connectivity index (χ2v) is 4.79. The molecule has 4 nitrogen and oxygen atoms in total. The summed E-state index contributed by atoms with van der Waals surface area (Å²) >= 11 is 0. The Hall–Kier alpha value is -1.42. The second-order valence-electron chi connectivity index (χ2n) is 4.79. The van der Waals surface area contributed by atoms with E-state index in [-0.39, 0.29) is 0 Å². The lowest BCUT2D eigenvalue weighted by Crippen LogP contribution is -2.06. The van der Waals surface area contributed by atoms with Gasteiger partial charge in [-0.1, -0.05) is 6.92 Å². The van der Waals surface area contributed by atoms with E-state index in [1.807, 2.05) is 13.1 Å². The highest BCUT2D eigenvalue weighted by atomic mass is 15.0. The van der Waals surface area contributed by atoms with Crippen LogP contribution in [-0.2, 0) is 6.42 Å². The van der Waals surface area contributed by atoms with Crippen LogP contribution < -0.4 is 5.73 Å². The van der Waals surface area contributed by atoms with E-state index >= 15 is 0 Å². The molecule has 0 aliphatic heterocycles. The highest BCUT2D eigenvalue weighted by Gasteiger charge is 2.06. The maximum absolute atomic E-state index is 5.54. The number of aromatic nitrogens is 3. The minimum absolute atomic E-state index is 0.655. The van der Waals surface area contributed by atoms with Crippen molar-refractivity contribution in [1.29, 1.82) is 0 Å². The van der Waals surface area contributed by atoms with Gasteiger partial charge in [0.25, 0.3) is 0 Å². The van der Waals surface area contributed by atoms with Crippen LogP contribution in [0.2, 0.25) is 0 Å². The summed E-state index contributed by atoms with van der Waals surface area (Å²) in [5, 5.41) is 0. The van der Waals surface area contributed by atoms with Crippen LogP contribution in [0.5, 0.6) is 0 Å². The minimum Gasteiger partial charge on any atom is -0.341 e. The maximum Gasteiger partial charge on any atom is 0.177 e. The number of nitrogens with one attached hydrogen (secondary N) is 1. The van der Waals surface area contributed by atoms with Gasteiger partial charge < -0.3 is 10.7 Å². The molecule has 4 heteroatoms. The van der Waals surface area contributed by atoms with Crippen LogP contribution in [0, 0.1) is 12.8 Å². The van der Waals surface area contributed by atoms with E-state index in [1.165, 1.54) is 0 Å². The van der Waals surface area contributed by atoms with Crippen LogP contribution >= 0.6 is 0 Å². The van der Waals surface area contributed by atoms with Gasteiger partial charge in [0.1, 0.15) is 5.82 Å². The molecule has 0 aromatic carbocycles. The van der Waals surface area contributed by atoms with Crippen molar-refractivity contribution in [3.8, 4) is 0 Å². The minimum atomic E-state index is 0.655. The molecular weight excluding hydrogens is 212 g/mol. The Labute approximate surface area is 102 Å². The zero-order chi connectivity index (χ0) is 12.3. The lowest BCUT2D eigenvalue weighted by molar-refractivity contribution is 0.495. The summed E-state index contributed by atoms with van der Waals surface area (Å²) in [7, 11) is 0. The number of nitrogens with two attached hydrogens (primary N) is 1. The zero-order valence-corrected chi connectivity index (χ0v) is 10.5. The molecular formula is C13H20N4. The van der Waals surface area contributed by atoms with E-state index in [2.05, 4.69) is 27.9 Å². The smallest absolute Gasteiger partial charge is 0.177 e. The molecule has 0 saturated heterocycles. The Morgan fingerprint density at radius 3 is 3.00 bits per heavy atom. The molecule has 2 aromatic rings. The van der Waals surface area contributed by atoms with Gasteiger partial charge in [0, 0.05) is 12.6 Å². The van der Waals surface area contributed by atoms with E-state index < -0.39 is 0 Å². The fourth-order valence-electron chi connectivity index (χ4n) is 1.98. The Kier molecular flexibility index (Phi) is 3.74. The average molecular weight is 232 g/mol. The van der Waals surface area contributed by atoms with Gasteiger partial charge in [-0.15, -0.1) is 0 Å². The van der Waals surface area contributed by atoms with Gasteiger partial charge in [-0.2, -0.15) is 0 Å². The summed E-state index contributed by atoms with van der Waals surface area (Å²) in [6.45, 7) is 5.04. The van der Waals surface area contributed by atoms with Crippen molar-refractivity contribution in [2.24, 2.45) is 11.7 Å². The second kappa shape index (κ2) is 5.27. The summed E-state index contributed by atoms with van der Waals surface area (Å²) in [5.41, 5.74) is 8.55. The van der Waals surface area contributed by atoms with Crippen LogP contribution in [0.4, 0.5) is 0 Å². The largest absolute Gasteiger partial charge is 0.341 e. The molecule has 0 spiro atoms. The third-order valence-electron chi connectivity index (χ3n) is 3.06. The van der Waals surface area contributed by atoms with Crippen molar-refractivity contribution >= 4 is 11.2 Å². The summed E-state index contributed by atoms with van der Waals surface area (Å²) in [5.74, 6) is 1.69. The summed E-state index contributed by atoms with van der Waals surface area (Å²) in [4.78, 5) is 12.1. The van der Waals surface area contributed by atoms with E-state index in [4.69, 9.17) is 5.73 Å². The Balaban J connectivity index is 2.04. The normalized spacial score (nSPS) is 13.1. The van der Waals surface area contributed by atoms with E-state index in [0.717, 1.165) is 48.4 Å². The molecule has 2 aromatic heterocycles. The van der Waals surface area contributed by atoms with E-state index in [9.17, 15) is 0 Å². The Bertz CT molecular complexity index is 489. The van der Waals surface area contributed by atoms with Gasteiger partial charge in [-0.25, -0.2) is 9.97 Å². The molecule has 1 unspecified atom stereocenters. The molecule has 0 radical (unpaired) electrons. The molecule has 0 aliphatic carbocycles. The van der Waals surface area contributed by atoms with Crippen molar-refractivity contribution in [3.63, 3.8) is 0 Å². The number of rotatable bonds is 5. The Morgan fingerprint density at radius 2 is 2.24 bits per heavy atom. The van der Waals surface area contributed by atoms with Crippen molar-refractivity contribution in [3.05, 3.63) is 23.7 Å². The van der Waals surface area contributed by atoms with Gasteiger partial charge in [0.05, 0.1) is 5.52 Å². The van der Waals surface area contributed by atoms with Gasteiger partial charge in [0.15, 0.2) is 5.65 Å². The van der Waals surface area contributed by atoms with Crippen LogP contribution in [-0.4, -0.2) is 21.5 Å². The van der Waals surface area contributed by atoms with Crippen LogP contribution in [0.15, 0.2) is 12.3 Å². The highest BCUT2D eigenvalue weighted by Crippen LogP contribution is 2.14. The first-order valence-electron chi connectivity index (χ1n) is 6.20. The highest BCUT2D eigenvalue weighted by molar-refractivity contribution is 5.70. The van der Waals surface area contributed by atoms with Crippen LogP contribution in [0.3, 0.4) is 0 Å². The van der Waals surface area contributed by atoms with Crippen molar-refractivity contribution < 1.29 is 0 Å². The summed E-state index contributed by atoms with van der Waals surface area (Å²) < 4.78 is 0. The van der Waals surface area contributed by atoms with E-state index in [1.54, 1.807) is 0 Å². The Morgan fingerprint density at radius 1 is 1.41 bits per heavy atom. The lowest BCUT2D eigenvalue weighted by Gasteiger charge is -2.07. The summed E-state index contributed by atoms with van der Waals surface area (Å²) in [6, 6.07) is 2.09. The van der Waals surface area contributed by atoms with Gasteiger partial charge >= 0.3 is 0 Å². The molecule has 0 amide bonds. The average Bonchev–Trinajstić information content (AvgIpc) is 2.68. The number of imidazole rings is 1. The number of H-pyrrole nitrogens is 1. The monoisotopic (exact) mass is 232 g/mol. The number of nitrogens with zero attached hydrogens (tertiary/aromatic N) is 2. The number of hydrogen-bond donors (Lipinski definition) is 2. The van der Waals surface area contributed by atoms with Crippen LogP contribution in [0.1, 0.15) is 31.2 Å². The van der Waals surface area contributed by atoms with Gasteiger partial charge in [0.2, 0.25) is 0 Å². The summed E-state index contributed by atoms with van der Waals surface area (Å²) in [6.07, 6.45) is 5.02. The molecule has 0 bridgehead atoms. The quantitative estimate of drug-likeness (QED) is 0.830. The number of pyridine rings is 1. The molecule has 92 valence electrons. The molecule has 1 atom stereocenters. The fraction of sp³-hybridized carbons (Fsp3) is 0.538.